The Morgan fingerprint density at radius 1 is 1.53 bits per heavy atom. The second-order valence-electron chi connectivity index (χ2n) is 3.85. The van der Waals surface area contributed by atoms with Gasteiger partial charge in [0, 0.05) is 12.2 Å². The fourth-order valence-corrected chi connectivity index (χ4v) is 1.74. The molecule has 0 spiro atoms. The quantitative estimate of drug-likeness (QED) is 0.759. The minimum Gasteiger partial charge on any atom is -0.389 e. The molecule has 15 heavy (non-hydrogen) atoms. The summed E-state index contributed by atoms with van der Waals surface area (Å²) in [5.74, 6) is 0. The second-order valence-corrected chi connectivity index (χ2v) is 3.85. The van der Waals surface area contributed by atoms with Gasteiger partial charge in [0.05, 0.1) is 31.1 Å². The van der Waals surface area contributed by atoms with E-state index in [1.165, 1.54) is 0 Å². The van der Waals surface area contributed by atoms with Crippen LogP contribution < -0.4 is 5.32 Å². The molecule has 1 aromatic rings. The minimum absolute atomic E-state index is 0.0157. The zero-order chi connectivity index (χ0) is 10.7. The third-order valence-electron chi connectivity index (χ3n) is 2.65. The highest BCUT2D eigenvalue weighted by molar-refractivity contribution is 5.08. The van der Waals surface area contributed by atoms with Crippen LogP contribution in [-0.4, -0.2) is 35.5 Å². The summed E-state index contributed by atoms with van der Waals surface area (Å²) >= 11 is 0. The van der Waals surface area contributed by atoms with Crippen molar-refractivity contribution in [1.82, 2.24) is 10.3 Å². The van der Waals surface area contributed by atoms with Gasteiger partial charge in [-0.2, -0.15) is 0 Å². The molecule has 0 saturated carbocycles. The van der Waals surface area contributed by atoms with E-state index in [-0.39, 0.29) is 12.1 Å². The molecule has 4 heteroatoms. The van der Waals surface area contributed by atoms with E-state index in [2.05, 4.69) is 10.3 Å². The summed E-state index contributed by atoms with van der Waals surface area (Å²) in [6, 6.07) is 5.97. The van der Waals surface area contributed by atoms with Crippen LogP contribution in [0.2, 0.25) is 0 Å². The number of nitrogens with zero attached hydrogens (tertiary/aromatic N) is 1. The summed E-state index contributed by atoms with van der Waals surface area (Å²) in [5, 5.41) is 12.9. The standard InChI is InChI=1S/C11H16N2O2/c1-8(9-4-2-3-5-12-9)13-10-6-15-7-11(10)14/h2-5,8,10-11,13-14H,6-7H2,1H3/t8-,10?,11?/m0/s1. The number of aromatic nitrogens is 1. The highest BCUT2D eigenvalue weighted by Gasteiger charge is 2.27. The first kappa shape index (κ1) is 10.5. The van der Waals surface area contributed by atoms with Gasteiger partial charge in [0.15, 0.2) is 0 Å². The molecule has 1 saturated heterocycles. The summed E-state index contributed by atoms with van der Waals surface area (Å²) in [7, 11) is 0. The summed E-state index contributed by atoms with van der Waals surface area (Å²) in [4.78, 5) is 4.26. The molecule has 2 rings (SSSR count). The van der Waals surface area contributed by atoms with Gasteiger partial charge in [-0.1, -0.05) is 6.07 Å². The zero-order valence-electron chi connectivity index (χ0n) is 8.76. The smallest absolute Gasteiger partial charge is 0.0948 e. The van der Waals surface area contributed by atoms with Crippen LogP contribution in [0.5, 0.6) is 0 Å². The number of pyridine rings is 1. The molecule has 0 bridgehead atoms. The SMILES string of the molecule is C[C@H](NC1COCC1O)c1ccccn1. The lowest BCUT2D eigenvalue weighted by atomic mass is 10.1. The number of hydrogen-bond acceptors (Lipinski definition) is 4. The molecular weight excluding hydrogens is 192 g/mol. The van der Waals surface area contributed by atoms with Crippen LogP contribution >= 0.6 is 0 Å². The predicted octanol–water partition coefficient (Wildman–Crippen LogP) is 0.492. The number of hydrogen-bond donors (Lipinski definition) is 2. The summed E-state index contributed by atoms with van der Waals surface area (Å²) in [6.45, 7) is 3.03. The lowest BCUT2D eigenvalue weighted by Gasteiger charge is -2.20. The molecule has 4 nitrogen and oxygen atoms in total. The van der Waals surface area contributed by atoms with Gasteiger partial charge >= 0.3 is 0 Å². The van der Waals surface area contributed by atoms with Crippen LogP contribution in [0, 0.1) is 0 Å². The van der Waals surface area contributed by atoms with E-state index in [9.17, 15) is 5.11 Å². The van der Waals surface area contributed by atoms with Crippen molar-refractivity contribution in [3.8, 4) is 0 Å². The van der Waals surface area contributed by atoms with E-state index in [4.69, 9.17) is 4.74 Å². The maximum atomic E-state index is 9.58. The maximum absolute atomic E-state index is 9.58. The van der Waals surface area contributed by atoms with Crippen molar-refractivity contribution in [1.29, 1.82) is 0 Å². The third-order valence-corrected chi connectivity index (χ3v) is 2.65. The molecule has 0 radical (unpaired) electrons. The van der Waals surface area contributed by atoms with Gasteiger partial charge in [-0.25, -0.2) is 0 Å². The number of rotatable bonds is 3. The average molecular weight is 208 g/mol. The van der Waals surface area contributed by atoms with E-state index < -0.39 is 6.10 Å². The minimum atomic E-state index is -0.406. The molecule has 1 fully saturated rings. The Bertz CT molecular complexity index is 305. The van der Waals surface area contributed by atoms with Crippen LogP contribution in [0.15, 0.2) is 24.4 Å². The number of nitrogens with one attached hydrogen (secondary N) is 1. The largest absolute Gasteiger partial charge is 0.389 e. The van der Waals surface area contributed by atoms with Gasteiger partial charge in [0.2, 0.25) is 0 Å². The topological polar surface area (TPSA) is 54.4 Å². The lowest BCUT2D eigenvalue weighted by Crippen LogP contribution is -2.40. The van der Waals surface area contributed by atoms with Crippen molar-refractivity contribution in [3.63, 3.8) is 0 Å². The van der Waals surface area contributed by atoms with Crippen molar-refractivity contribution in [2.24, 2.45) is 0 Å². The molecule has 1 aromatic heterocycles. The van der Waals surface area contributed by atoms with Crippen LogP contribution in [0.25, 0.3) is 0 Å². The third kappa shape index (κ3) is 2.53. The first-order chi connectivity index (χ1) is 7.27. The maximum Gasteiger partial charge on any atom is 0.0948 e. The second kappa shape index (κ2) is 4.70. The van der Waals surface area contributed by atoms with Gasteiger partial charge in [-0.3, -0.25) is 4.98 Å². The highest BCUT2D eigenvalue weighted by Crippen LogP contribution is 2.13. The Balaban J connectivity index is 1.95. The number of ether oxygens (including phenoxy) is 1. The van der Waals surface area contributed by atoms with Crippen LogP contribution in [0.3, 0.4) is 0 Å². The van der Waals surface area contributed by atoms with Crippen molar-refractivity contribution in [2.75, 3.05) is 13.2 Å². The van der Waals surface area contributed by atoms with Crippen molar-refractivity contribution >= 4 is 0 Å². The molecule has 0 aromatic carbocycles. The van der Waals surface area contributed by atoms with Crippen LogP contribution in [-0.2, 0) is 4.74 Å². The van der Waals surface area contributed by atoms with E-state index in [1.54, 1.807) is 6.20 Å². The monoisotopic (exact) mass is 208 g/mol. The van der Waals surface area contributed by atoms with Gasteiger partial charge in [-0.05, 0) is 19.1 Å². The van der Waals surface area contributed by atoms with Crippen molar-refractivity contribution in [2.45, 2.75) is 25.1 Å². The lowest BCUT2D eigenvalue weighted by molar-refractivity contribution is 0.121. The summed E-state index contributed by atoms with van der Waals surface area (Å²) in [6.07, 6.45) is 1.37. The molecule has 2 unspecified atom stereocenters. The van der Waals surface area contributed by atoms with E-state index in [0.29, 0.717) is 13.2 Å². The number of aliphatic hydroxyl groups excluding tert-OH is 1. The van der Waals surface area contributed by atoms with Crippen molar-refractivity contribution in [3.05, 3.63) is 30.1 Å². The molecule has 1 aliphatic heterocycles. The average Bonchev–Trinajstić information content (AvgIpc) is 2.66. The summed E-state index contributed by atoms with van der Waals surface area (Å²) < 4.78 is 5.17. The highest BCUT2D eigenvalue weighted by atomic mass is 16.5. The van der Waals surface area contributed by atoms with Gasteiger partial charge < -0.3 is 15.2 Å². The molecule has 2 heterocycles. The fourth-order valence-electron chi connectivity index (χ4n) is 1.74. The molecule has 2 N–H and O–H groups in total. The first-order valence-electron chi connectivity index (χ1n) is 5.20. The zero-order valence-corrected chi connectivity index (χ0v) is 8.76. The van der Waals surface area contributed by atoms with Gasteiger partial charge in [0.1, 0.15) is 0 Å². The van der Waals surface area contributed by atoms with Crippen molar-refractivity contribution < 1.29 is 9.84 Å². The Hall–Kier alpha value is -0.970. The Morgan fingerprint density at radius 3 is 3.00 bits per heavy atom. The van der Waals surface area contributed by atoms with E-state index >= 15 is 0 Å². The van der Waals surface area contributed by atoms with Crippen LogP contribution in [0.4, 0.5) is 0 Å². The fraction of sp³-hybridized carbons (Fsp3) is 0.545. The molecule has 1 aliphatic rings. The summed E-state index contributed by atoms with van der Waals surface area (Å²) in [5.41, 5.74) is 0.983. The first-order valence-corrected chi connectivity index (χ1v) is 5.20. The molecule has 3 atom stereocenters. The van der Waals surface area contributed by atoms with Gasteiger partial charge in [-0.15, -0.1) is 0 Å². The van der Waals surface area contributed by atoms with E-state index in [1.807, 2.05) is 25.1 Å². The van der Waals surface area contributed by atoms with Gasteiger partial charge in [0.25, 0.3) is 0 Å². The van der Waals surface area contributed by atoms with E-state index in [0.717, 1.165) is 5.69 Å². The normalized spacial score (nSPS) is 27.9. The predicted molar refractivity (Wildman–Crippen MR) is 56.4 cm³/mol. The molecular formula is C11H16N2O2. The Kier molecular flexibility index (Phi) is 3.30. The Labute approximate surface area is 89.3 Å². The molecule has 0 aliphatic carbocycles. The Morgan fingerprint density at radius 2 is 2.40 bits per heavy atom. The van der Waals surface area contributed by atoms with Crippen LogP contribution in [0.1, 0.15) is 18.7 Å². The molecule has 82 valence electrons. The molecule has 0 amide bonds. The number of aliphatic hydroxyl groups is 1.